The van der Waals surface area contributed by atoms with Gasteiger partial charge >= 0.3 is 0 Å². The van der Waals surface area contributed by atoms with E-state index in [0.717, 1.165) is 19.8 Å². The molecule has 0 bridgehead atoms. The molecule has 3 nitrogen and oxygen atoms in total. The first-order valence-electron chi connectivity index (χ1n) is 2.79. The van der Waals surface area contributed by atoms with Crippen LogP contribution in [0.1, 0.15) is 0 Å². The standard InChI is InChI=1S/C5H6O3/c1-4(6-1)2-7-5(4)3-8-5/h1-3H2. The van der Waals surface area contributed by atoms with Crippen molar-refractivity contribution >= 4 is 0 Å². The van der Waals surface area contributed by atoms with Crippen LogP contribution >= 0.6 is 0 Å². The number of ether oxygens (including phenoxy) is 3. The Hall–Kier alpha value is -0.120. The molecule has 3 heteroatoms. The molecule has 3 aliphatic heterocycles. The average Bonchev–Trinajstić information content (AvgIpc) is 2.62. The van der Waals surface area contributed by atoms with Crippen LogP contribution in [0.2, 0.25) is 0 Å². The second kappa shape index (κ2) is 0.744. The van der Waals surface area contributed by atoms with E-state index in [1.807, 2.05) is 0 Å². The molecule has 0 aromatic rings. The first-order valence-corrected chi connectivity index (χ1v) is 2.79. The number of rotatable bonds is 0. The fraction of sp³-hybridized carbons (Fsp3) is 1.00. The fourth-order valence-electron chi connectivity index (χ4n) is 1.20. The van der Waals surface area contributed by atoms with Gasteiger partial charge in [0.05, 0.1) is 13.2 Å². The van der Waals surface area contributed by atoms with Gasteiger partial charge in [0.2, 0.25) is 5.79 Å². The Morgan fingerprint density at radius 3 is 1.62 bits per heavy atom. The van der Waals surface area contributed by atoms with E-state index in [1.54, 1.807) is 0 Å². The molecular formula is C5H6O3. The molecule has 2 spiro atoms. The summed E-state index contributed by atoms with van der Waals surface area (Å²) in [7, 11) is 0. The Kier molecular flexibility index (Phi) is 0.355. The summed E-state index contributed by atoms with van der Waals surface area (Å²) < 4.78 is 15.4. The van der Waals surface area contributed by atoms with Crippen molar-refractivity contribution in [2.75, 3.05) is 19.8 Å². The van der Waals surface area contributed by atoms with Gasteiger partial charge in [0.25, 0.3) is 0 Å². The van der Waals surface area contributed by atoms with Gasteiger partial charge in [0.1, 0.15) is 6.61 Å². The molecule has 3 aliphatic rings. The van der Waals surface area contributed by atoms with Crippen LogP contribution in [0.4, 0.5) is 0 Å². The van der Waals surface area contributed by atoms with Crippen LogP contribution in [-0.2, 0) is 14.2 Å². The molecule has 0 aromatic carbocycles. The molecule has 0 aliphatic carbocycles. The summed E-state index contributed by atoms with van der Waals surface area (Å²) in [4.78, 5) is 0. The summed E-state index contributed by atoms with van der Waals surface area (Å²) in [6.07, 6.45) is 0. The molecule has 3 saturated heterocycles. The number of epoxide rings is 2. The summed E-state index contributed by atoms with van der Waals surface area (Å²) in [6.45, 7) is 2.33. The Labute approximate surface area is 46.5 Å². The average molecular weight is 114 g/mol. The zero-order chi connectivity index (χ0) is 5.24. The zero-order valence-electron chi connectivity index (χ0n) is 4.35. The molecular weight excluding hydrogens is 108 g/mol. The van der Waals surface area contributed by atoms with Gasteiger partial charge in [-0.1, -0.05) is 0 Å². The Morgan fingerprint density at radius 2 is 1.50 bits per heavy atom. The third-order valence-electron chi connectivity index (χ3n) is 2.13. The summed E-state index contributed by atoms with van der Waals surface area (Å²) in [5.41, 5.74) is 0.0347. The van der Waals surface area contributed by atoms with Gasteiger partial charge < -0.3 is 14.2 Å². The Morgan fingerprint density at radius 1 is 0.875 bits per heavy atom. The highest BCUT2D eigenvalue weighted by Crippen LogP contribution is 2.57. The van der Waals surface area contributed by atoms with Crippen molar-refractivity contribution in [3.63, 3.8) is 0 Å². The minimum Gasteiger partial charge on any atom is -0.361 e. The van der Waals surface area contributed by atoms with Gasteiger partial charge in [-0.05, 0) is 0 Å². The molecule has 2 unspecified atom stereocenters. The molecule has 3 heterocycles. The lowest BCUT2D eigenvalue weighted by Crippen LogP contribution is -2.52. The Bertz CT molecular complexity index is 128. The SMILES string of the molecule is C1OC12COC21CO1. The van der Waals surface area contributed by atoms with Gasteiger partial charge in [0.15, 0.2) is 5.60 Å². The molecule has 0 aromatic heterocycles. The molecule has 0 N–H and O–H groups in total. The topological polar surface area (TPSA) is 34.3 Å². The minimum absolute atomic E-state index is 0.0347. The van der Waals surface area contributed by atoms with E-state index in [2.05, 4.69) is 0 Å². The van der Waals surface area contributed by atoms with E-state index >= 15 is 0 Å². The van der Waals surface area contributed by atoms with Crippen molar-refractivity contribution in [1.29, 1.82) is 0 Å². The van der Waals surface area contributed by atoms with Crippen molar-refractivity contribution in [3.8, 4) is 0 Å². The molecule has 8 heavy (non-hydrogen) atoms. The lowest BCUT2D eigenvalue weighted by atomic mass is 10.0. The van der Waals surface area contributed by atoms with Gasteiger partial charge in [-0.3, -0.25) is 0 Å². The first-order chi connectivity index (χ1) is 3.87. The van der Waals surface area contributed by atoms with Crippen molar-refractivity contribution in [1.82, 2.24) is 0 Å². The van der Waals surface area contributed by atoms with Crippen LogP contribution < -0.4 is 0 Å². The summed E-state index contributed by atoms with van der Waals surface area (Å²) in [5.74, 6) is -0.243. The first kappa shape index (κ1) is 3.82. The quantitative estimate of drug-likeness (QED) is 0.398. The monoisotopic (exact) mass is 114 g/mol. The third kappa shape index (κ3) is 0.209. The molecule has 3 fully saturated rings. The van der Waals surface area contributed by atoms with E-state index in [-0.39, 0.29) is 11.4 Å². The highest BCUT2D eigenvalue weighted by Gasteiger charge is 2.78. The van der Waals surface area contributed by atoms with Crippen molar-refractivity contribution < 1.29 is 14.2 Å². The molecule has 0 saturated carbocycles. The Balaban J connectivity index is 2.00. The normalized spacial score (nSPS) is 66.0. The van der Waals surface area contributed by atoms with Crippen molar-refractivity contribution in [2.45, 2.75) is 11.4 Å². The van der Waals surface area contributed by atoms with Crippen LogP contribution in [0.15, 0.2) is 0 Å². The molecule has 3 rings (SSSR count). The van der Waals surface area contributed by atoms with Crippen LogP contribution in [0, 0.1) is 0 Å². The zero-order valence-corrected chi connectivity index (χ0v) is 4.35. The lowest BCUT2D eigenvalue weighted by Gasteiger charge is -2.30. The number of hydrogen-bond donors (Lipinski definition) is 0. The molecule has 44 valence electrons. The maximum absolute atomic E-state index is 5.16. The summed E-state index contributed by atoms with van der Waals surface area (Å²) in [6, 6.07) is 0. The number of hydrogen-bond acceptors (Lipinski definition) is 3. The second-order valence-corrected chi connectivity index (χ2v) is 2.61. The van der Waals surface area contributed by atoms with E-state index in [0.29, 0.717) is 0 Å². The predicted octanol–water partition coefficient (Wildman–Crippen LogP) is -0.488. The van der Waals surface area contributed by atoms with E-state index in [1.165, 1.54) is 0 Å². The van der Waals surface area contributed by atoms with Gasteiger partial charge in [-0.2, -0.15) is 0 Å². The maximum Gasteiger partial charge on any atom is 0.227 e. The van der Waals surface area contributed by atoms with Gasteiger partial charge in [0, 0.05) is 0 Å². The van der Waals surface area contributed by atoms with E-state index < -0.39 is 0 Å². The van der Waals surface area contributed by atoms with E-state index in [9.17, 15) is 0 Å². The summed E-state index contributed by atoms with van der Waals surface area (Å²) >= 11 is 0. The predicted molar refractivity (Wildman–Crippen MR) is 23.3 cm³/mol. The van der Waals surface area contributed by atoms with Crippen molar-refractivity contribution in [2.24, 2.45) is 0 Å². The molecule has 2 atom stereocenters. The highest BCUT2D eigenvalue weighted by molar-refractivity contribution is 5.17. The highest BCUT2D eigenvalue weighted by atomic mass is 16.9. The van der Waals surface area contributed by atoms with Gasteiger partial charge in [-0.15, -0.1) is 0 Å². The van der Waals surface area contributed by atoms with Gasteiger partial charge in [-0.25, -0.2) is 0 Å². The maximum atomic E-state index is 5.16. The van der Waals surface area contributed by atoms with Crippen LogP contribution in [0.5, 0.6) is 0 Å². The third-order valence-corrected chi connectivity index (χ3v) is 2.13. The summed E-state index contributed by atoms with van der Waals surface area (Å²) in [5, 5.41) is 0. The van der Waals surface area contributed by atoms with E-state index in [4.69, 9.17) is 14.2 Å². The second-order valence-electron chi connectivity index (χ2n) is 2.61. The van der Waals surface area contributed by atoms with Crippen LogP contribution in [0.3, 0.4) is 0 Å². The largest absolute Gasteiger partial charge is 0.361 e. The van der Waals surface area contributed by atoms with Crippen molar-refractivity contribution in [3.05, 3.63) is 0 Å². The number of fused-ring (bicyclic) bond motifs is 1. The fourth-order valence-corrected chi connectivity index (χ4v) is 1.20. The molecule has 0 radical (unpaired) electrons. The van der Waals surface area contributed by atoms with Crippen LogP contribution in [0.25, 0.3) is 0 Å². The molecule has 0 amide bonds. The van der Waals surface area contributed by atoms with Crippen LogP contribution in [-0.4, -0.2) is 31.2 Å². The smallest absolute Gasteiger partial charge is 0.227 e. The minimum atomic E-state index is -0.243. The lowest BCUT2D eigenvalue weighted by molar-refractivity contribution is -0.205.